The molecule has 1 aromatic rings. The van der Waals surface area contributed by atoms with Crippen LogP contribution in [0.5, 0.6) is 5.75 Å². The molecular weight excluding hydrogens is 344 g/mol. The summed E-state index contributed by atoms with van der Waals surface area (Å²) in [6.45, 7) is 12.8. The summed E-state index contributed by atoms with van der Waals surface area (Å²) in [6, 6.07) is 5.13. The zero-order valence-corrected chi connectivity index (χ0v) is 17.7. The first-order valence-electron chi connectivity index (χ1n) is 8.09. The van der Waals surface area contributed by atoms with Crippen molar-refractivity contribution in [1.82, 2.24) is 4.90 Å². The van der Waals surface area contributed by atoms with Gasteiger partial charge in [0.1, 0.15) is 5.75 Å². The standard InChI is InChI=1S/C17H29ClN2OSSi/c1-7-20(3)17(22)19-15-12-14(18)16(11-13(15)2)21-9-8-10-23(4,5)6/h11-12H,7-10H2,1-6H3,(H,19,22). The first-order valence-corrected chi connectivity index (χ1v) is 12.6. The van der Waals surface area contributed by atoms with Crippen LogP contribution in [0.15, 0.2) is 12.1 Å². The molecule has 0 aliphatic carbocycles. The Hall–Kier alpha value is -0.783. The average molecular weight is 373 g/mol. The first kappa shape index (κ1) is 20.3. The van der Waals surface area contributed by atoms with Crippen molar-refractivity contribution in [1.29, 1.82) is 0 Å². The maximum absolute atomic E-state index is 6.35. The fourth-order valence-electron chi connectivity index (χ4n) is 2.04. The lowest BCUT2D eigenvalue weighted by Crippen LogP contribution is -2.30. The van der Waals surface area contributed by atoms with Gasteiger partial charge in [-0.3, -0.25) is 0 Å². The molecule has 0 bridgehead atoms. The number of aryl methyl sites for hydroxylation is 1. The van der Waals surface area contributed by atoms with Crippen molar-refractivity contribution in [2.45, 2.75) is 46.0 Å². The SMILES string of the molecule is CCN(C)C(=S)Nc1cc(Cl)c(OCCC[Si](C)(C)C)cc1C. The molecule has 6 heteroatoms. The van der Waals surface area contributed by atoms with Gasteiger partial charge in [-0.15, -0.1) is 0 Å². The van der Waals surface area contributed by atoms with Crippen LogP contribution in [0.2, 0.25) is 30.7 Å². The van der Waals surface area contributed by atoms with E-state index in [2.05, 4.69) is 31.9 Å². The van der Waals surface area contributed by atoms with E-state index in [-0.39, 0.29) is 0 Å². The van der Waals surface area contributed by atoms with Crippen LogP contribution in [0, 0.1) is 6.92 Å². The molecule has 0 aliphatic heterocycles. The van der Waals surface area contributed by atoms with Crippen molar-refractivity contribution in [3.8, 4) is 5.75 Å². The van der Waals surface area contributed by atoms with Crippen molar-refractivity contribution < 1.29 is 4.74 Å². The maximum atomic E-state index is 6.35. The van der Waals surface area contributed by atoms with Gasteiger partial charge >= 0.3 is 0 Å². The predicted molar refractivity (Wildman–Crippen MR) is 109 cm³/mol. The number of thiocarbonyl (C=S) groups is 1. The highest BCUT2D eigenvalue weighted by molar-refractivity contribution is 7.80. The van der Waals surface area contributed by atoms with Crippen LogP contribution in [-0.4, -0.2) is 38.3 Å². The second-order valence-corrected chi connectivity index (χ2v) is 13.5. The van der Waals surface area contributed by atoms with Crippen LogP contribution in [0.25, 0.3) is 0 Å². The van der Waals surface area contributed by atoms with Crippen LogP contribution in [0.4, 0.5) is 5.69 Å². The van der Waals surface area contributed by atoms with E-state index in [0.29, 0.717) is 16.7 Å². The van der Waals surface area contributed by atoms with E-state index in [9.17, 15) is 0 Å². The molecule has 0 heterocycles. The van der Waals surface area contributed by atoms with E-state index in [1.54, 1.807) is 0 Å². The van der Waals surface area contributed by atoms with Gasteiger partial charge in [0.2, 0.25) is 0 Å². The minimum absolute atomic E-state index is 0.619. The highest BCUT2D eigenvalue weighted by Gasteiger charge is 2.13. The highest BCUT2D eigenvalue weighted by atomic mass is 35.5. The molecule has 0 spiro atoms. The molecular formula is C17H29ClN2OSSi. The maximum Gasteiger partial charge on any atom is 0.173 e. The zero-order valence-electron chi connectivity index (χ0n) is 15.1. The number of benzene rings is 1. The third kappa shape index (κ3) is 7.10. The zero-order chi connectivity index (χ0) is 17.6. The Bertz CT molecular complexity index is 546. The Labute approximate surface area is 152 Å². The van der Waals surface area contributed by atoms with Crippen LogP contribution in [0.3, 0.4) is 0 Å². The average Bonchev–Trinajstić information content (AvgIpc) is 2.46. The summed E-state index contributed by atoms with van der Waals surface area (Å²) in [5.74, 6) is 0.750. The number of ether oxygens (including phenoxy) is 1. The molecule has 1 rings (SSSR count). The predicted octanol–water partition coefficient (Wildman–Crippen LogP) is 5.40. The Morgan fingerprint density at radius 1 is 1.35 bits per heavy atom. The normalized spacial score (nSPS) is 11.3. The number of nitrogens with zero attached hydrogens (tertiary/aromatic N) is 1. The van der Waals surface area contributed by atoms with Gasteiger partial charge in [-0.2, -0.15) is 0 Å². The molecule has 0 atom stereocenters. The quantitative estimate of drug-likeness (QED) is 0.393. The molecule has 0 radical (unpaired) electrons. The molecule has 0 unspecified atom stereocenters. The Balaban J connectivity index is 2.68. The van der Waals surface area contributed by atoms with Crippen LogP contribution < -0.4 is 10.1 Å². The van der Waals surface area contributed by atoms with Gasteiger partial charge in [0, 0.05) is 27.4 Å². The number of hydrogen-bond donors (Lipinski definition) is 1. The van der Waals surface area contributed by atoms with Crippen molar-refractivity contribution in [3.63, 3.8) is 0 Å². The minimum atomic E-state index is -1.00. The second-order valence-electron chi connectivity index (χ2n) is 7.05. The lowest BCUT2D eigenvalue weighted by Gasteiger charge is -2.21. The van der Waals surface area contributed by atoms with E-state index in [1.807, 2.05) is 31.0 Å². The van der Waals surface area contributed by atoms with Gasteiger partial charge < -0.3 is 15.0 Å². The van der Waals surface area contributed by atoms with E-state index in [0.717, 1.165) is 30.0 Å². The lowest BCUT2D eigenvalue weighted by atomic mass is 10.2. The fraction of sp³-hybridized carbons (Fsp3) is 0.588. The van der Waals surface area contributed by atoms with Gasteiger partial charge in [0.15, 0.2) is 5.11 Å². The summed E-state index contributed by atoms with van der Waals surface area (Å²) in [6.07, 6.45) is 1.08. The summed E-state index contributed by atoms with van der Waals surface area (Å²) in [5, 5.41) is 4.55. The second kappa shape index (κ2) is 8.90. The monoisotopic (exact) mass is 372 g/mol. The lowest BCUT2D eigenvalue weighted by molar-refractivity contribution is 0.317. The number of nitrogens with one attached hydrogen (secondary N) is 1. The van der Waals surface area contributed by atoms with Gasteiger partial charge in [0.05, 0.1) is 11.6 Å². The molecule has 1 N–H and O–H groups in total. The molecule has 0 amide bonds. The summed E-state index contributed by atoms with van der Waals surface area (Å²) in [5.41, 5.74) is 2.00. The minimum Gasteiger partial charge on any atom is -0.492 e. The summed E-state index contributed by atoms with van der Waals surface area (Å²) in [4.78, 5) is 1.98. The number of rotatable bonds is 7. The number of halogens is 1. The molecule has 23 heavy (non-hydrogen) atoms. The van der Waals surface area contributed by atoms with Crippen LogP contribution >= 0.6 is 23.8 Å². The summed E-state index contributed by atoms with van der Waals surface area (Å²) >= 11 is 11.7. The third-order valence-corrected chi connectivity index (χ3v) is 6.23. The van der Waals surface area contributed by atoms with E-state index < -0.39 is 8.07 Å². The Morgan fingerprint density at radius 2 is 2.00 bits per heavy atom. The molecule has 0 saturated heterocycles. The van der Waals surface area contributed by atoms with Crippen molar-refractivity contribution in [2.24, 2.45) is 0 Å². The van der Waals surface area contributed by atoms with Crippen molar-refractivity contribution in [3.05, 3.63) is 22.7 Å². The third-order valence-electron chi connectivity index (χ3n) is 3.67. The molecule has 0 fully saturated rings. The molecule has 0 aliphatic rings. The first-order chi connectivity index (χ1) is 10.6. The molecule has 0 aromatic heterocycles. The molecule has 1 aromatic carbocycles. The van der Waals surface area contributed by atoms with E-state index in [1.165, 1.54) is 6.04 Å². The summed E-state index contributed by atoms with van der Waals surface area (Å²) < 4.78 is 5.86. The fourth-order valence-corrected chi connectivity index (χ4v) is 3.70. The largest absolute Gasteiger partial charge is 0.492 e. The van der Waals surface area contributed by atoms with E-state index in [4.69, 9.17) is 28.6 Å². The van der Waals surface area contributed by atoms with Crippen molar-refractivity contribution >= 4 is 42.7 Å². The molecule has 130 valence electrons. The smallest absolute Gasteiger partial charge is 0.173 e. The van der Waals surface area contributed by atoms with E-state index >= 15 is 0 Å². The molecule has 0 saturated carbocycles. The van der Waals surface area contributed by atoms with Gasteiger partial charge in [-0.05, 0) is 50.2 Å². The highest BCUT2D eigenvalue weighted by Crippen LogP contribution is 2.31. The van der Waals surface area contributed by atoms with Gasteiger partial charge in [-0.1, -0.05) is 37.3 Å². The molecule has 3 nitrogen and oxygen atoms in total. The van der Waals surface area contributed by atoms with Crippen LogP contribution in [0.1, 0.15) is 18.9 Å². The summed E-state index contributed by atoms with van der Waals surface area (Å²) in [7, 11) is 0.957. The van der Waals surface area contributed by atoms with Crippen LogP contribution in [-0.2, 0) is 0 Å². The number of anilines is 1. The Kier molecular flexibility index (Phi) is 7.84. The van der Waals surface area contributed by atoms with Gasteiger partial charge in [0.25, 0.3) is 0 Å². The van der Waals surface area contributed by atoms with Gasteiger partial charge in [-0.25, -0.2) is 0 Å². The topological polar surface area (TPSA) is 24.5 Å². The number of hydrogen-bond acceptors (Lipinski definition) is 2. The Morgan fingerprint density at radius 3 is 2.57 bits per heavy atom. The van der Waals surface area contributed by atoms with Crippen molar-refractivity contribution in [2.75, 3.05) is 25.5 Å².